The van der Waals surface area contributed by atoms with Gasteiger partial charge in [0.25, 0.3) is 0 Å². The molecular formula is C39H25N3S. The Bertz CT molecular complexity index is 2150. The van der Waals surface area contributed by atoms with Crippen LogP contribution in [0.2, 0.25) is 0 Å². The van der Waals surface area contributed by atoms with Gasteiger partial charge in [-0.05, 0) is 34.4 Å². The van der Waals surface area contributed by atoms with E-state index < -0.39 is 0 Å². The number of nitrogens with zero attached hydrogens (tertiary/aromatic N) is 3. The third-order valence-corrected chi connectivity index (χ3v) is 8.89. The molecule has 2 aromatic heterocycles. The Kier molecular flexibility index (Phi) is 6.32. The molecular weight excluding hydrogens is 543 g/mol. The van der Waals surface area contributed by atoms with Gasteiger partial charge >= 0.3 is 0 Å². The molecule has 0 saturated carbocycles. The molecule has 0 amide bonds. The molecule has 0 aliphatic heterocycles. The molecule has 202 valence electrons. The van der Waals surface area contributed by atoms with Crippen LogP contribution in [0.5, 0.6) is 0 Å². The van der Waals surface area contributed by atoms with E-state index in [0.717, 1.165) is 16.7 Å². The molecule has 0 bridgehead atoms. The van der Waals surface area contributed by atoms with Crippen LogP contribution in [0.4, 0.5) is 0 Å². The molecule has 0 saturated heterocycles. The first-order valence-corrected chi connectivity index (χ1v) is 15.1. The van der Waals surface area contributed by atoms with Crippen molar-refractivity contribution in [3.05, 3.63) is 152 Å². The van der Waals surface area contributed by atoms with Crippen molar-refractivity contribution in [3.8, 4) is 56.4 Å². The van der Waals surface area contributed by atoms with E-state index >= 15 is 0 Å². The summed E-state index contributed by atoms with van der Waals surface area (Å²) in [7, 11) is 0. The van der Waals surface area contributed by atoms with Crippen molar-refractivity contribution < 1.29 is 0 Å². The Hall–Kier alpha value is -5.45. The van der Waals surface area contributed by atoms with Crippen LogP contribution in [-0.2, 0) is 0 Å². The van der Waals surface area contributed by atoms with Crippen LogP contribution in [0.3, 0.4) is 0 Å². The first-order valence-electron chi connectivity index (χ1n) is 14.3. The predicted octanol–water partition coefficient (Wildman–Crippen LogP) is 10.6. The molecule has 0 unspecified atom stereocenters. The van der Waals surface area contributed by atoms with E-state index in [4.69, 9.17) is 15.0 Å². The number of hydrogen-bond donors (Lipinski definition) is 0. The SMILES string of the molecule is c1ccc(-c2ccc(-c3cccc4sc5cccc(-c6nc(-c7ccccc7)nc(-c7ccccc7)n6)c5c34)cc2)cc1. The van der Waals surface area contributed by atoms with E-state index in [9.17, 15) is 0 Å². The molecule has 2 heterocycles. The molecule has 0 N–H and O–H groups in total. The Morgan fingerprint density at radius 3 is 1.28 bits per heavy atom. The highest BCUT2D eigenvalue weighted by molar-refractivity contribution is 7.26. The maximum Gasteiger partial charge on any atom is 0.164 e. The molecule has 0 aliphatic carbocycles. The second-order valence-corrected chi connectivity index (χ2v) is 11.5. The second-order valence-electron chi connectivity index (χ2n) is 10.4. The molecule has 8 rings (SSSR count). The van der Waals surface area contributed by atoms with Crippen LogP contribution < -0.4 is 0 Å². The predicted molar refractivity (Wildman–Crippen MR) is 180 cm³/mol. The zero-order valence-corrected chi connectivity index (χ0v) is 24.0. The van der Waals surface area contributed by atoms with Crippen molar-refractivity contribution in [3.63, 3.8) is 0 Å². The van der Waals surface area contributed by atoms with Crippen LogP contribution in [0.15, 0.2) is 152 Å². The smallest absolute Gasteiger partial charge is 0.164 e. The minimum atomic E-state index is 0.665. The van der Waals surface area contributed by atoms with Crippen molar-refractivity contribution in [2.45, 2.75) is 0 Å². The van der Waals surface area contributed by atoms with Gasteiger partial charge in [-0.25, -0.2) is 15.0 Å². The van der Waals surface area contributed by atoms with Crippen LogP contribution in [0.1, 0.15) is 0 Å². The van der Waals surface area contributed by atoms with E-state index in [1.807, 2.05) is 72.0 Å². The van der Waals surface area contributed by atoms with Gasteiger partial charge in [0.05, 0.1) is 0 Å². The van der Waals surface area contributed by atoms with Gasteiger partial charge in [0.2, 0.25) is 0 Å². The summed E-state index contributed by atoms with van der Waals surface area (Å²) in [5.74, 6) is 2.00. The highest BCUT2D eigenvalue weighted by atomic mass is 32.1. The minimum Gasteiger partial charge on any atom is -0.208 e. The van der Waals surface area contributed by atoms with Gasteiger partial charge in [0.1, 0.15) is 0 Å². The zero-order valence-electron chi connectivity index (χ0n) is 23.2. The second kappa shape index (κ2) is 10.8. The van der Waals surface area contributed by atoms with E-state index in [1.165, 1.54) is 42.4 Å². The number of benzene rings is 6. The van der Waals surface area contributed by atoms with E-state index in [0.29, 0.717) is 17.5 Å². The van der Waals surface area contributed by atoms with Gasteiger partial charge in [-0.3, -0.25) is 0 Å². The number of fused-ring (bicyclic) bond motifs is 3. The quantitative estimate of drug-likeness (QED) is 0.208. The average molecular weight is 568 g/mol. The van der Waals surface area contributed by atoms with Crippen molar-refractivity contribution in [1.82, 2.24) is 15.0 Å². The summed E-state index contributed by atoms with van der Waals surface area (Å²) >= 11 is 1.81. The molecule has 0 atom stereocenters. The summed E-state index contributed by atoms with van der Waals surface area (Å²) in [5.41, 5.74) is 7.75. The lowest BCUT2D eigenvalue weighted by molar-refractivity contribution is 1.08. The Labute approximate surface area is 253 Å². The fourth-order valence-corrected chi connectivity index (χ4v) is 6.85. The van der Waals surface area contributed by atoms with Gasteiger partial charge in [-0.2, -0.15) is 0 Å². The third-order valence-electron chi connectivity index (χ3n) is 7.77. The maximum absolute atomic E-state index is 5.07. The molecule has 0 spiro atoms. The first-order chi connectivity index (χ1) is 21.3. The molecule has 6 aromatic carbocycles. The third kappa shape index (κ3) is 4.68. The van der Waals surface area contributed by atoms with Crippen LogP contribution in [0.25, 0.3) is 76.6 Å². The maximum atomic E-state index is 5.07. The first kappa shape index (κ1) is 25.3. The average Bonchev–Trinajstić information content (AvgIpc) is 3.49. The number of hydrogen-bond acceptors (Lipinski definition) is 4. The summed E-state index contributed by atoms with van der Waals surface area (Å²) in [6.45, 7) is 0. The van der Waals surface area contributed by atoms with E-state index in [-0.39, 0.29) is 0 Å². The summed E-state index contributed by atoms with van der Waals surface area (Å²) < 4.78 is 2.46. The van der Waals surface area contributed by atoms with Gasteiger partial charge in [-0.15, -0.1) is 11.3 Å². The van der Waals surface area contributed by atoms with Crippen molar-refractivity contribution >= 4 is 31.5 Å². The summed E-state index contributed by atoms with van der Waals surface area (Å²) in [6, 6.07) is 52.7. The number of rotatable bonds is 5. The highest BCUT2D eigenvalue weighted by Crippen LogP contribution is 2.44. The zero-order chi connectivity index (χ0) is 28.6. The number of thiophene rings is 1. The molecule has 43 heavy (non-hydrogen) atoms. The van der Waals surface area contributed by atoms with Gasteiger partial charge < -0.3 is 0 Å². The van der Waals surface area contributed by atoms with Crippen molar-refractivity contribution in [2.75, 3.05) is 0 Å². The molecule has 0 fully saturated rings. The lowest BCUT2D eigenvalue weighted by Gasteiger charge is -2.11. The molecule has 8 aromatic rings. The monoisotopic (exact) mass is 567 g/mol. The van der Waals surface area contributed by atoms with Crippen LogP contribution in [-0.4, -0.2) is 15.0 Å². The lowest BCUT2D eigenvalue weighted by Crippen LogP contribution is -2.00. The fourth-order valence-electron chi connectivity index (χ4n) is 5.70. The Morgan fingerprint density at radius 1 is 0.302 bits per heavy atom. The molecule has 0 radical (unpaired) electrons. The Morgan fingerprint density at radius 2 is 0.721 bits per heavy atom. The van der Waals surface area contributed by atoms with Gasteiger partial charge in [0, 0.05) is 36.9 Å². The summed E-state index contributed by atoms with van der Waals surface area (Å²) in [6.07, 6.45) is 0. The molecule has 4 heteroatoms. The topological polar surface area (TPSA) is 38.7 Å². The normalized spacial score (nSPS) is 11.3. The molecule has 3 nitrogen and oxygen atoms in total. The highest BCUT2D eigenvalue weighted by Gasteiger charge is 2.19. The molecule has 0 aliphatic rings. The fraction of sp³-hybridized carbons (Fsp3) is 0. The van der Waals surface area contributed by atoms with E-state index in [2.05, 4.69) is 91.0 Å². The number of aromatic nitrogens is 3. The summed E-state index contributed by atoms with van der Waals surface area (Å²) in [4.78, 5) is 15.0. The van der Waals surface area contributed by atoms with Gasteiger partial charge in [-0.1, -0.05) is 140 Å². The van der Waals surface area contributed by atoms with Crippen LogP contribution >= 0.6 is 11.3 Å². The van der Waals surface area contributed by atoms with Crippen molar-refractivity contribution in [2.24, 2.45) is 0 Å². The van der Waals surface area contributed by atoms with E-state index in [1.54, 1.807) is 0 Å². The van der Waals surface area contributed by atoms with Crippen LogP contribution in [0, 0.1) is 0 Å². The largest absolute Gasteiger partial charge is 0.208 e. The summed E-state index contributed by atoms with van der Waals surface area (Å²) in [5, 5.41) is 2.41. The van der Waals surface area contributed by atoms with Gasteiger partial charge in [0.15, 0.2) is 17.5 Å². The Balaban J connectivity index is 1.35. The minimum absolute atomic E-state index is 0.665. The standard InChI is InChI=1S/C39H25N3S/c1-4-12-26(13-5-1)27-22-24-28(25-23-27)31-18-10-20-33-35(31)36-32(19-11-21-34(36)43-33)39-41-37(29-14-6-2-7-15-29)40-38(42-39)30-16-8-3-9-17-30/h1-25H. The van der Waals surface area contributed by atoms with Crippen molar-refractivity contribution in [1.29, 1.82) is 0 Å². The lowest BCUT2D eigenvalue weighted by atomic mass is 9.95.